The zero-order valence-corrected chi connectivity index (χ0v) is 21.2. The van der Waals surface area contributed by atoms with Gasteiger partial charge in [0, 0.05) is 24.7 Å². The third kappa shape index (κ3) is 6.81. The molecule has 0 heterocycles. The average Bonchev–Trinajstić information content (AvgIpc) is 2.83. The Kier molecular flexibility index (Phi) is 9.10. The van der Waals surface area contributed by atoms with Crippen LogP contribution in [-0.4, -0.2) is 55.1 Å². The van der Waals surface area contributed by atoms with Crippen LogP contribution in [0.1, 0.15) is 44.6 Å². The Morgan fingerprint density at radius 1 is 1.03 bits per heavy atom. The minimum absolute atomic E-state index is 0.0462. The number of nitrogens with one attached hydrogen (secondary N) is 1. The summed E-state index contributed by atoms with van der Waals surface area (Å²) in [7, 11) is -2.54. The van der Waals surface area contributed by atoms with Crippen LogP contribution in [0.2, 0.25) is 5.02 Å². The van der Waals surface area contributed by atoms with Gasteiger partial charge in [0.1, 0.15) is 6.04 Å². The molecule has 1 aliphatic rings. The molecule has 184 valence electrons. The first-order valence-corrected chi connectivity index (χ1v) is 13.4. The molecule has 0 aromatic heterocycles. The van der Waals surface area contributed by atoms with Crippen molar-refractivity contribution in [2.45, 2.75) is 62.6 Å². The van der Waals surface area contributed by atoms with Gasteiger partial charge < -0.3 is 10.2 Å². The Balaban J connectivity index is 1.76. The van der Waals surface area contributed by atoms with Gasteiger partial charge in [-0.15, -0.1) is 0 Å². The number of hydrogen-bond acceptors (Lipinski definition) is 4. The molecular formula is C25H32ClN3O4S. The van der Waals surface area contributed by atoms with Gasteiger partial charge in [0.25, 0.3) is 0 Å². The first kappa shape index (κ1) is 26.2. The summed E-state index contributed by atoms with van der Waals surface area (Å²) in [6.45, 7) is 1.50. The highest BCUT2D eigenvalue weighted by atomic mass is 35.5. The van der Waals surface area contributed by atoms with Crippen molar-refractivity contribution >= 4 is 33.4 Å². The average molecular weight is 506 g/mol. The van der Waals surface area contributed by atoms with Crippen molar-refractivity contribution in [1.29, 1.82) is 0 Å². The summed E-state index contributed by atoms with van der Waals surface area (Å²) in [5.41, 5.74) is 0.858. The van der Waals surface area contributed by atoms with Gasteiger partial charge in [-0.25, -0.2) is 8.42 Å². The van der Waals surface area contributed by atoms with E-state index in [9.17, 15) is 18.0 Å². The molecule has 2 amide bonds. The van der Waals surface area contributed by atoms with Crippen LogP contribution in [0.3, 0.4) is 0 Å². The SMILES string of the molecule is C[C@@H](C(=O)NC1CCCCC1)N(Cc1ccccc1)C(=O)CN(C)S(=O)(=O)c1ccc(Cl)cc1. The van der Waals surface area contributed by atoms with Crippen LogP contribution < -0.4 is 5.32 Å². The first-order chi connectivity index (χ1) is 16.2. The summed E-state index contributed by atoms with van der Waals surface area (Å²) in [5.74, 6) is -0.672. The number of carbonyl (C=O) groups is 2. The monoisotopic (exact) mass is 505 g/mol. The molecule has 0 unspecified atom stereocenters. The highest BCUT2D eigenvalue weighted by molar-refractivity contribution is 7.89. The Bertz CT molecular complexity index is 1070. The molecule has 7 nitrogen and oxygen atoms in total. The molecular weight excluding hydrogens is 474 g/mol. The molecule has 9 heteroatoms. The lowest BCUT2D eigenvalue weighted by Crippen LogP contribution is -2.52. The number of amides is 2. The fourth-order valence-electron chi connectivity index (χ4n) is 4.08. The minimum atomic E-state index is -3.90. The highest BCUT2D eigenvalue weighted by Crippen LogP contribution is 2.20. The van der Waals surface area contributed by atoms with Gasteiger partial charge in [0.2, 0.25) is 21.8 Å². The Labute approximate surface area is 207 Å². The van der Waals surface area contributed by atoms with Crippen LogP contribution in [0.25, 0.3) is 0 Å². The van der Waals surface area contributed by atoms with Gasteiger partial charge in [-0.3, -0.25) is 9.59 Å². The topological polar surface area (TPSA) is 86.8 Å². The van der Waals surface area contributed by atoms with Crippen molar-refractivity contribution in [2.24, 2.45) is 0 Å². The van der Waals surface area contributed by atoms with Crippen molar-refractivity contribution in [2.75, 3.05) is 13.6 Å². The number of rotatable bonds is 9. The molecule has 34 heavy (non-hydrogen) atoms. The summed E-state index contributed by atoms with van der Waals surface area (Å²) in [4.78, 5) is 27.9. The lowest BCUT2D eigenvalue weighted by Gasteiger charge is -2.32. The van der Waals surface area contributed by atoms with Crippen LogP contribution in [-0.2, 0) is 26.2 Å². The first-order valence-electron chi connectivity index (χ1n) is 11.5. The van der Waals surface area contributed by atoms with Gasteiger partial charge in [0.15, 0.2) is 0 Å². The maximum atomic E-state index is 13.3. The lowest BCUT2D eigenvalue weighted by molar-refractivity contribution is -0.141. The number of likely N-dealkylation sites (N-methyl/N-ethyl adjacent to an activating group) is 1. The predicted octanol–water partition coefficient (Wildman–Crippen LogP) is 3.83. The molecule has 1 saturated carbocycles. The largest absolute Gasteiger partial charge is 0.352 e. The fraction of sp³-hybridized carbons (Fsp3) is 0.440. The summed E-state index contributed by atoms with van der Waals surface area (Å²) in [6.07, 6.45) is 5.22. The van der Waals surface area contributed by atoms with E-state index in [0.717, 1.165) is 35.6 Å². The second-order valence-corrected chi connectivity index (χ2v) is 11.2. The Hall–Kier alpha value is -2.42. The van der Waals surface area contributed by atoms with Crippen molar-refractivity contribution in [1.82, 2.24) is 14.5 Å². The molecule has 1 atom stereocenters. The number of halogens is 1. The second kappa shape index (κ2) is 11.8. The summed E-state index contributed by atoms with van der Waals surface area (Å²) in [6, 6.07) is 14.5. The van der Waals surface area contributed by atoms with Gasteiger partial charge in [-0.2, -0.15) is 4.31 Å². The molecule has 2 aromatic rings. The maximum Gasteiger partial charge on any atom is 0.243 e. The quantitative estimate of drug-likeness (QED) is 0.561. The molecule has 3 rings (SSSR count). The highest BCUT2D eigenvalue weighted by Gasteiger charge is 2.31. The standard InChI is InChI=1S/C25H32ClN3O4S/c1-19(25(31)27-22-11-7-4-8-12-22)29(17-20-9-5-3-6-10-20)24(30)18-28(2)34(32,33)23-15-13-21(26)14-16-23/h3,5-6,9-10,13-16,19,22H,4,7-8,11-12,17-18H2,1-2H3,(H,27,31)/t19-/m0/s1. The van der Waals surface area contributed by atoms with E-state index in [-0.39, 0.29) is 23.4 Å². The third-order valence-electron chi connectivity index (χ3n) is 6.19. The molecule has 0 saturated heterocycles. The Morgan fingerprint density at radius 3 is 2.26 bits per heavy atom. The molecule has 0 aliphatic heterocycles. The van der Waals surface area contributed by atoms with Gasteiger partial charge in [-0.05, 0) is 49.6 Å². The van der Waals surface area contributed by atoms with Gasteiger partial charge >= 0.3 is 0 Å². The van der Waals surface area contributed by atoms with Crippen LogP contribution in [0, 0.1) is 0 Å². The second-order valence-electron chi connectivity index (χ2n) is 8.74. The molecule has 0 radical (unpaired) electrons. The van der Waals surface area contributed by atoms with Crippen molar-refractivity contribution in [3.8, 4) is 0 Å². The fourth-order valence-corrected chi connectivity index (χ4v) is 5.33. The van der Waals surface area contributed by atoms with Crippen molar-refractivity contribution in [3.05, 3.63) is 65.2 Å². The maximum absolute atomic E-state index is 13.3. The number of benzene rings is 2. The van der Waals surface area contributed by atoms with E-state index in [0.29, 0.717) is 5.02 Å². The normalized spacial score (nSPS) is 15.6. The van der Waals surface area contributed by atoms with E-state index < -0.39 is 28.5 Å². The summed E-state index contributed by atoms with van der Waals surface area (Å²) in [5, 5.41) is 3.50. The van der Waals surface area contributed by atoms with Gasteiger partial charge in [-0.1, -0.05) is 61.2 Å². The van der Waals surface area contributed by atoms with Crippen LogP contribution in [0.4, 0.5) is 0 Å². The molecule has 1 fully saturated rings. The zero-order chi connectivity index (χ0) is 24.7. The van der Waals surface area contributed by atoms with E-state index in [1.54, 1.807) is 6.92 Å². The van der Waals surface area contributed by atoms with E-state index in [2.05, 4.69) is 5.32 Å². The van der Waals surface area contributed by atoms with E-state index in [1.165, 1.54) is 42.6 Å². The van der Waals surface area contributed by atoms with Crippen molar-refractivity contribution < 1.29 is 18.0 Å². The van der Waals surface area contributed by atoms with E-state index >= 15 is 0 Å². The summed E-state index contributed by atoms with van der Waals surface area (Å²) >= 11 is 5.87. The van der Waals surface area contributed by atoms with E-state index in [1.807, 2.05) is 30.3 Å². The number of carbonyl (C=O) groups excluding carboxylic acids is 2. The molecule has 0 bridgehead atoms. The number of sulfonamides is 1. The van der Waals surface area contributed by atoms with Crippen LogP contribution in [0.15, 0.2) is 59.5 Å². The number of hydrogen-bond donors (Lipinski definition) is 1. The lowest BCUT2D eigenvalue weighted by atomic mass is 9.95. The molecule has 2 aromatic carbocycles. The van der Waals surface area contributed by atoms with Crippen LogP contribution in [0.5, 0.6) is 0 Å². The predicted molar refractivity (Wildman–Crippen MR) is 133 cm³/mol. The summed E-state index contributed by atoms with van der Waals surface area (Å²) < 4.78 is 26.9. The van der Waals surface area contributed by atoms with Crippen LogP contribution >= 0.6 is 11.6 Å². The van der Waals surface area contributed by atoms with Gasteiger partial charge in [0.05, 0.1) is 11.4 Å². The third-order valence-corrected chi connectivity index (χ3v) is 8.26. The molecule has 1 N–H and O–H groups in total. The number of nitrogens with zero attached hydrogens (tertiary/aromatic N) is 2. The van der Waals surface area contributed by atoms with E-state index in [4.69, 9.17) is 11.6 Å². The van der Waals surface area contributed by atoms with Crippen molar-refractivity contribution in [3.63, 3.8) is 0 Å². The molecule has 0 spiro atoms. The molecule has 1 aliphatic carbocycles. The zero-order valence-electron chi connectivity index (χ0n) is 19.6. The Morgan fingerprint density at radius 2 is 1.65 bits per heavy atom. The minimum Gasteiger partial charge on any atom is -0.352 e. The smallest absolute Gasteiger partial charge is 0.243 e.